The molecule has 10 nitrogen and oxygen atoms in total. The number of hydrogen-bond donors (Lipinski definition) is 4. The first-order valence-electron chi connectivity index (χ1n) is 14.1. The molecule has 41 heavy (non-hydrogen) atoms. The number of anilines is 1. The van der Waals surface area contributed by atoms with Crippen LogP contribution >= 0.6 is 0 Å². The van der Waals surface area contributed by atoms with Gasteiger partial charge in [0.1, 0.15) is 23.4 Å². The largest absolute Gasteiger partial charge is 0.508 e. The van der Waals surface area contributed by atoms with Gasteiger partial charge in [-0.05, 0) is 63.4 Å². The van der Waals surface area contributed by atoms with Gasteiger partial charge >= 0.3 is 6.09 Å². The van der Waals surface area contributed by atoms with Crippen molar-refractivity contribution in [1.29, 1.82) is 0 Å². The van der Waals surface area contributed by atoms with Gasteiger partial charge in [0.15, 0.2) is 0 Å². The number of nitrogens with one attached hydrogen (secondary N) is 2. The van der Waals surface area contributed by atoms with Crippen molar-refractivity contribution in [3.63, 3.8) is 0 Å². The van der Waals surface area contributed by atoms with Crippen molar-refractivity contribution in [3.05, 3.63) is 59.7 Å². The molecule has 0 saturated carbocycles. The molecule has 0 bridgehead atoms. The molecule has 224 valence electrons. The SMILES string of the molecule is CCCCCCCN(C(=O)C(CC(N)=O)NC(=O)OC(C)(C)C)C(C(=O)Nc1ccccc1C)c1ccc(O)cc1. The van der Waals surface area contributed by atoms with Gasteiger partial charge in [-0.1, -0.05) is 62.9 Å². The van der Waals surface area contributed by atoms with Crippen molar-refractivity contribution in [2.45, 2.75) is 90.8 Å². The van der Waals surface area contributed by atoms with E-state index in [1.165, 1.54) is 17.0 Å². The molecule has 0 aliphatic carbocycles. The van der Waals surface area contributed by atoms with E-state index in [9.17, 15) is 24.3 Å². The molecule has 0 heterocycles. The third-order valence-corrected chi connectivity index (χ3v) is 6.35. The monoisotopic (exact) mass is 568 g/mol. The Morgan fingerprint density at radius 1 is 0.976 bits per heavy atom. The molecule has 0 fully saturated rings. The Bertz CT molecular complexity index is 1180. The highest BCUT2D eigenvalue weighted by molar-refractivity contribution is 6.00. The normalized spacial score (nSPS) is 12.6. The average Bonchev–Trinajstić information content (AvgIpc) is 2.88. The molecule has 0 aliphatic rings. The molecule has 0 aliphatic heterocycles. The van der Waals surface area contributed by atoms with E-state index in [4.69, 9.17) is 10.5 Å². The number of unbranched alkanes of at least 4 members (excludes halogenated alkanes) is 4. The standard InChI is InChI=1S/C31H44N4O6/c1-6-7-8-9-12-19-35(29(39)25(20-26(32)37)34-30(40)41-31(3,4)5)27(22-15-17-23(36)18-16-22)28(38)33-24-14-11-10-13-21(24)2/h10-11,13-18,25,27,36H,6-9,12,19-20H2,1-5H3,(H2,32,37)(H,33,38)(H,34,40). The number of aromatic hydroxyl groups is 1. The van der Waals surface area contributed by atoms with Crippen molar-refractivity contribution < 1.29 is 29.0 Å². The first-order valence-corrected chi connectivity index (χ1v) is 14.1. The molecule has 0 spiro atoms. The van der Waals surface area contributed by atoms with Crippen LogP contribution in [0.2, 0.25) is 0 Å². The fourth-order valence-corrected chi connectivity index (χ4v) is 4.35. The first-order chi connectivity index (χ1) is 19.3. The van der Waals surface area contributed by atoms with Crippen molar-refractivity contribution >= 4 is 29.5 Å². The van der Waals surface area contributed by atoms with Crippen LogP contribution < -0.4 is 16.4 Å². The van der Waals surface area contributed by atoms with E-state index in [1.54, 1.807) is 45.0 Å². The average molecular weight is 569 g/mol. The third-order valence-electron chi connectivity index (χ3n) is 6.35. The number of hydrogen-bond acceptors (Lipinski definition) is 6. The predicted molar refractivity (Wildman–Crippen MR) is 158 cm³/mol. The summed E-state index contributed by atoms with van der Waals surface area (Å²) in [4.78, 5) is 54.0. The van der Waals surface area contributed by atoms with Gasteiger partial charge in [-0.3, -0.25) is 14.4 Å². The second kappa shape index (κ2) is 15.6. The smallest absolute Gasteiger partial charge is 0.408 e. The summed E-state index contributed by atoms with van der Waals surface area (Å²) in [7, 11) is 0. The minimum absolute atomic E-state index is 0.00227. The van der Waals surface area contributed by atoms with Crippen molar-refractivity contribution in [2.75, 3.05) is 11.9 Å². The summed E-state index contributed by atoms with van der Waals surface area (Å²) in [5.41, 5.74) is 6.49. The molecule has 0 saturated heterocycles. The van der Waals surface area contributed by atoms with E-state index >= 15 is 0 Å². The number of phenols is 1. The lowest BCUT2D eigenvalue weighted by Gasteiger charge is -2.34. The van der Waals surface area contributed by atoms with Crippen LogP contribution in [-0.4, -0.2) is 52.0 Å². The Labute approximate surface area is 242 Å². The van der Waals surface area contributed by atoms with Gasteiger partial charge in [0.2, 0.25) is 11.8 Å². The van der Waals surface area contributed by atoms with Crippen molar-refractivity contribution in [1.82, 2.24) is 10.2 Å². The molecule has 0 aromatic heterocycles. The molecule has 10 heteroatoms. The van der Waals surface area contributed by atoms with Crippen molar-refractivity contribution in [2.24, 2.45) is 5.73 Å². The summed E-state index contributed by atoms with van der Waals surface area (Å²) in [5, 5.41) is 15.3. The second-order valence-corrected chi connectivity index (χ2v) is 11.1. The summed E-state index contributed by atoms with van der Waals surface area (Å²) in [5.74, 6) is -1.93. The topological polar surface area (TPSA) is 151 Å². The highest BCUT2D eigenvalue weighted by atomic mass is 16.6. The molecule has 2 aromatic rings. The van der Waals surface area contributed by atoms with Crippen LogP contribution in [0.15, 0.2) is 48.5 Å². The van der Waals surface area contributed by atoms with E-state index in [1.807, 2.05) is 19.1 Å². The van der Waals surface area contributed by atoms with Gasteiger partial charge in [0, 0.05) is 12.2 Å². The van der Waals surface area contributed by atoms with E-state index in [0.29, 0.717) is 17.7 Å². The minimum Gasteiger partial charge on any atom is -0.508 e. The number of para-hydroxylation sites is 1. The minimum atomic E-state index is -1.36. The molecular formula is C31H44N4O6. The Balaban J connectivity index is 2.53. The predicted octanol–water partition coefficient (Wildman–Crippen LogP) is 4.95. The van der Waals surface area contributed by atoms with Crippen LogP contribution in [0.25, 0.3) is 0 Å². The van der Waals surface area contributed by atoms with Gasteiger partial charge in [0.05, 0.1) is 6.42 Å². The molecule has 2 aromatic carbocycles. The number of nitrogens with two attached hydrogens (primary N) is 1. The number of aryl methyl sites for hydroxylation is 1. The Morgan fingerprint density at radius 2 is 1.61 bits per heavy atom. The van der Waals surface area contributed by atoms with Gasteiger partial charge in [-0.15, -0.1) is 0 Å². The number of benzene rings is 2. The van der Waals surface area contributed by atoms with Crippen LogP contribution in [0.5, 0.6) is 5.75 Å². The van der Waals surface area contributed by atoms with Gasteiger partial charge < -0.3 is 31.1 Å². The highest BCUT2D eigenvalue weighted by Gasteiger charge is 2.37. The number of primary amides is 1. The number of ether oxygens (including phenoxy) is 1. The summed E-state index contributed by atoms with van der Waals surface area (Å²) in [6.45, 7) is 9.17. The summed E-state index contributed by atoms with van der Waals surface area (Å²) >= 11 is 0. The molecule has 5 N–H and O–H groups in total. The number of carbonyl (C=O) groups is 4. The Kier molecular flexibility index (Phi) is 12.6. The summed E-state index contributed by atoms with van der Waals surface area (Å²) < 4.78 is 5.32. The maximum Gasteiger partial charge on any atom is 0.408 e. The quantitative estimate of drug-likeness (QED) is 0.237. The number of carbonyl (C=O) groups excluding carboxylic acids is 4. The molecule has 2 atom stereocenters. The first kappa shape index (κ1) is 33.1. The molecule has 4 amide bonds. The number of rotatable bonds is 14. The highest BCUT2D eigenvalue weighted by Crippen LogP contribution is 2.28. The Hall–Kier alpha value is -4.08. The second-order valence-electron chi connectivity index (χ2n) is 11.1. The zero-order valence-electron chi connectivity index (χ0n) is 24.7. The van der Waals surface area contributed by atoms with Gasteiger partial charge in [0.25, 0.3) is 5.91 Å². The molecule has 0 radical (unpaired) electrons. The zero-order chi connectivity index (χ0) is 30.6. The maximum atomic E-state index is 14.1. The van der Waals surface area contributed by atoms with Gasteiger partial charge in [-0.2, -0.15) is 0 Å². The number of nitrogens with zero attached hydrogens (tertiary/aromatic N) is 1. The lowest BCUT2D eigenvalue weighted by molar-refractivity contribution is -0.142. The number of phenolic OH excluding ortho intramolecular Hbond substituents is 1. The van der Waals surface area contributed by atoms with Gasteiger partial charge in [-0.25, -0.2) is 4.79 Å². The number of amides is 4. The third kappa shape index (κ3) is 11.1. The van der Waals surface area contributed by atoms with Crippen LogP contribution in [0, 0.1) is 6.92 Å². The van der Waals surface area contributed by atoms with Crippen LogP contribution in [0.3, 0.4) is 0 Å². The van der Waals surface area contributed by atoms with Crippen molar-refractivity contribution in [3.8, 4) is 5.75 Å². The maximum absolute atomic E-state index is 14.1. The van der Waals surface area contributed by atoms with E-state index in [-0.39, 0.29) is 12.3 Å². The molecular weight excluding hydrogens is 524 g/mol. The van der Waals surface area contributed by atoms with E-state index in [0.717, 1.165) is 31.2 Å². The lowest BCUT2D eigenvalue weighted by Crippen LogP contribution is -2.53. The van der Waals surface area contributed by atoms with Crippen LogP contribution in [-0.2, 0) is 19.1 Å². The molecule has 2 unspecified atom stereocenters. The lowest BCUT2D eigenvalue weighted by atomic mass is 10.0. The van der Waals surface area contributed by atoms with E-state index < -0.39 is 47.9 Å². The summed E-state index contributed by atoms with van der Waals surface area (Å²) in [6, 6.07) is 10.8. The van der Waals surface area contributed by atoms with E-state index in [2.05, 4.69) is 17.6 Å². The van der Waals surface area contributed by atoms with Crippen LogP contribution in [0.1, 0.15) is 83.4 Å². The number of alkyl carbamates (subject to hydrolysis) is 1. The van der Waals surface area contributed by atoms with Crippen LogP contribution in [0.4, 0.5) is 10.5 Å². The fourth-order valence-electron chi connectivity index (χ4n) is 4.35. The summed E-state index contributed by atoms with van der Waals surface area (Å²) in [6.07, 6.45) is 3.08. The Morgan fingerprint density at radius 3 is 2.20 bits per heavy atom. The molecule has 2 rings (SSSR count). The fraction of sp³-hybridized carbons (Fsp3) is 0.484. The zero-order valence-corrected chi connectivity index (χ0v) is 24.7.